The minimum Gasteiger partial charge on any atom is -0.373 e. The number of hydrogen-bond donors (Lipinski definition) is 2. The van der Waals surface area contributed by atoms with Gasteiger partial charge >= 0.3 is 6.03 Å². The lowest BCUT2D eigenvalue weighted by atomic mass is 9.97. The maximum absolute atomic E-state index is 12.3. The van der Waals surface area contributed by atoms with Crippen molar-refractivity contribution in [1.29, 1.82) is 0 Å². The quantitative estimate of drug-likeness (QED) is 0.873. The van der Waals surface area contributed by atoms with Gasteiger partial charge in [0.05, 0.1) is 18.0 Å². The lowest BCUT2D eigenvalue weighted by Gasteiger charge is -2.30. The van der Waals surface area contributed by atoms with Crippen molar-refractivity contribution in [2.24, 2.45) is 5.92 Å². The molecule has 1 aromatic heterocycles. The fourth-order valence-electron chi connectivity index (χ4n) is 3.08. The number of rotatable bonds is 5. The lowest BCUT2D eigenvalue weighted by Crippen LogP contribution is -2.41. The van der Waals surface area contributed by atoms with Gasteiger partial charge in [-0.05, 0) is 24.3 Å². The molecule has 1 saturated heterocycles. The third kappa shape index (κ3) is 5.06. The van der Waals surface area contributed by atoms with E-state index in [1.165, 1.54) is 0 Å². The number of nitrogens with zero attached hydrogens (tertiary/aromatic N) is 2. The second-order valence-corrected chi connectivity index (χ2v) is 6.93. The van der Waals surface area contributed by atoms with Crippen molar-refractivity contribution in [3.8, 4) is 0 Å². The summed E-state index contributed by atoms with van der Waals surface area (Å²) >= 11 is 0. The Bertz CT molecular complexity index is 684. The zero-order valence-electron chi connectivity index (χ0n) is 14.8. The Labute approximate surface area is 148 Å². The molecule has 134 valence electrons. The molecule has 1 fully saturated rings. The highest BCUT2D eigenvalue weighted by Crippen LogP contribution is 2.27. The molecule has 2 heterocycles. The fourth-order valence-corrected chi connectivity index (χ4v) is 3.08. The molecule has 3 rings (SSSR count). The molecule has 0 spiro atoms. The van der Waals surface area contributed by atoms with Gasteiger partial charge in [-0.25, -0.2) is 4.79 Å². The van der Waals surface area contributed by atoms with E-state index in [-0.39, 0.29) is 18.2 Å². The number of benzene rings is 1. The first-order valence-electron chi connectivity index (χ1n) is 8.86. The highest BCUT2D eigenvalue weighted by molar-refractivity contribution is 5.89. The number of nitrogens with one attached hydrogen (secondary N) is 2. The Morgan fingerprint density at radius 2 is 2.16 bits per heavy atom. The topological polar surface area (TPSA) is 68.2 Å². The van der Waals surface area contributed by atoms with E-state index < -0.39 is 0 Å². The predicted molar refractivity (Wildman–Crippen MR) is 97.4 cm³/mol. The first-order chi connectivity index (χ1) is 12.1. The van der Waals surface area contributed by atoms with E-state index in [2.05, 4.69) is 41.7 Å². The van der Waals surface area contributed by atoms with E-state index in [0.29, 0.717) is 18.2 Å². The molecule has 1 aromatic carbocycles. The summed E-state index contributed by atoms with van der Waals surface area (Å²) in [5, 5.41) is 10.2. The molecule has 0 unspecified atom stereocenters. The average Bonchev–Trinajstić information content (AvgIpc) is 3.02. The van der Waals surface area contributed by atoms with E-state index in [9.17, 15) is 4.79 Å². The van der Waals surface area contributed by atoms with Crippen LogP contribution in [0.4, 0.5) is 10.5 Å². The van der Waals surface area contributed by atoms with Crippen LogP contribution in [0.5, 0.6) is 0 Å². The van der Waals surface area contributed by atoms with E-state index in [0.717, 1.165) is 24.9 Å². The molecule has 25 heavy (non-hydrogen) atoms. The van der Waals surface area contributed by atoms with Crippen LogP contribution in [0.2, 0.25) is 0 Å². The predicted octanol–water partition coefficient (Wildman–Crippen LogP) is 3.58. The number of ether oxygens (including phenoxy) is 1. The maximum atomic E-state index is 12.3. The SMILES string of the molecule is CC(C)Cn1cc(NC(=O)N[C@H]2CCO[C@@H](c3ccccc3)C2)cn1. The molecule has 2 N–H and O–H groups in total. The Kier molecular flexibility index (Phi) is 5.71. The number of carbonyl (C=O) groups excluding carboxylic acids is 1. The van der Waals surface area contributed by atoms with E-state index in [1.807, 2.05) is 29.1 Å². The molecule has 0 saturated carbocycles. The van der Waals surface area contributed by atoms with Crippen molar-refractivity contribution in [3.05, 3.63) is 48.3 Å². The summed E-state index contributed by atoms with van der Waals surface area (Å²) in [4.78, 5) is 12.3. The van der Waals surface area contributed by atoms with Crippen LogP contribution in [0, 0.1) is 5.92 Å². The van der Waals surface area contributed by atoms with Gasteiger partial charge < -0.3 is 15.4 Å². The molecule has 6 heteroatoms. The van der Waals surface area contributed by atoms with Crippen molar-refractivity contribution < 1.29 is 9.53 Å². The standard InChI is InChI=1S/C19H26N4O2/c1-14(2)12-23-13-17(11-20-23)22-19(24)21-16-8-9-25-18(10-16)15-6-4-3-5-7-15/h3-7,11,13-14,16,18H,8-10,12H2,1-2H3,(H2,21,22,24)/t16-,18+/m0/s1. The van der Waals surface area contributed by atoms with Crippen molar-refractivity contribution >= 4 is 11.7 Å². The molecule has 2 amide bonds. The zero-order chi connectivity index (χ0) is 17.6. The van der Waals surface area contributed by atoms with Crippen molar-refractivity contribution in [1.82, 2.24) is 15.1 Å². The van der Waals surface area contributed by atoms with Crippen LogP contribution in [0.15, 0.2) is 42.7 Å². The third-order valence-electron chi connectivity index (χ3n) is 4.23. The normalized spacial score (nSPS) is 20.4. The number of urea groups is 1. The van der Waals surface area contributed by atoms with Crippen LogP contribution < -0.4 is 10.6 Å². The molecule has 0 radical (unpaired) electrons. The smallest absolute Gasteiger partial charge is 0.319 e. The largest absolute Gasteiger partial charge is 0.373 e. The number of amides is 2. The number of anilines is 1. The van der Waals surface area contributed by atoms with Crippen molar-refractivity contribution in [3.63, 3.8) is 0 Å². The molecule has 1 aliphatic heterocycles. The van der Waals surface area contributed by atoms with Gasteiger partial charge in [0.25, 0.3) is 0 Å². The molecular weight excluding hydrogens is 316 g/mol. The van der Waals surface area contributed by atoms with Crippen LogP contribution in [-0.4, -0.2) is 28.5 Å². The van der Waals surface area contributed by atoms with Gasteiger partial charge in [-0.1, -0.05) is 44.2 Å². The fraction of sp³-hybridized carbons (Fsp3) is 0.474. The summed E-state index contributed by atoms with van der Waals surface area (Å²) in [7, 11) is 0. The molecule has 0 aliphatic carbocycles. The van der Waals surface area contributed by atoms with Crippen molar-refractivity contribution in [2.45, 2.75) is 45.4 Å². The Hall–Kier alpha value is -2.34. The van der Waals surface area contributed by atoms with Gasteiger partial charge in [0, 0.05) is 25.4 Å². The van der Waals surface area contributed by atoms with Crippen molar-refractivity contribution in [2.75, 3.05) is 11.9 Å². The minimum atomic E-state index is -0.192. The molecule has 0 bridgehead atoms. The highest BCUT2D eigenvalue weighted by atomic mass is 16.5. The number of carbonyl (C=O) groups is 1. The van der Waals surface area contributed by atoms with Gasteiger partial charge in [-0.3, -0.25) is 4.68 Å². The van der Waals surface area contributed by atoms with Crippen LogP contribution in [0.1, 0.15) is 38.4 Å². The van der Waals surface area contributed by atoms with E-state index in [1.54, 1.807) is 6.20 Å². The van der Waals surface area contributed by atoms with Gasteiger partial charge in [-0.2, -0.15) is 5.10 Å². The van der Waals surface area contributed by atoms with Crippen LogP contribution >= 0.6 is 0 Å². The third-order valence-corrected chi connectivity index (χ3v) is 4.23. The van der Waals surface area contributed by atoms with Gasteiger partial charge in [-0.15, -0.1) is 0 Å². The molecule has 1 aliphatic rings. The summed E-state index contributed by atoms with van der Waals surface area (Å²) in [5.74, 6) is 0.513. The lowest BCUT2D eigenvalue weighted by molar-refractivity contribution is 0.00254. The van der Waals surface area contributed by atoms with Crippen LogP contribution in [0.3, 0.4) is 0 Å². The Balaban J connectivity index is 1.51. The molecular formula is C19H26N4O2. The summed E-state index contributed by atoms with van der Waals surface area (Å²) < 4.78 is 7.70. The first-order valence-corrected chi connectivity index (χ1v) is 8.86. The zero-order valence-corrected chi connectivity index (χ0v) is 14.8. The summed E-state index contributed by atoms with van der Waals surface area (Å²) in [6, 6.07) is 10.1. The van der Waals surface area contributed by atoms with Gasteiger partial charge in [0.15, 0.2) is 0 Å². The summed E-state index contributed by atoms with van der Waals surface area (Å²) in [6.07, 6.45) is 5.18. The molecule has 6 nitrogen and oxygen atoms in total. The van der Waals surface area contributed by atoms with Gasteiger partial charge in [0.1, 0.15) is 0 Å². The Morgan fingerprint density at radius 3 is 2.92 bits per heavy atom. The maximum Gasteiger partial charge on any atom is 0.319 e. The van der Waals surface area contributed by atoms with Crippen LogP contribution in [0.25, 0.3) is 0 Å². The number of aromatic nitrogens is 2. The van der Waals surface area contributed by atoms with E-state index >= 15 is 0 Å². The molecule has 2 atom stereocenters. The highest BCUT2D eigenvalue weighted by Gasteiger charge is 2.25. The summed E-state index contributed by atoms with van der Waals surface area (Å²) in [5.41, 5.74) is 1.87. The average molecular weight is 342 g/mol. The number of hydrogen-bond acceptors (Lipinski definition) is 3. The van der Waals surface area contributed by atoms with Crippen LogP contribution in [-0.2, 0) is 11.3 Å². The second-order valence-electron chi connectivity index (χ2n) is 6.93. The monoisotopic (exact) mass is 342 g/mol. The minimum absolute atomic E-state index is 0.0361. The first kappa shape index (κ1) is 17.5. The van der Waals surface area contributed by atoms with E-state index in [4.69, 9.17) is 4.74 Å². The molecule has 2 aromatic rings. The second kappa shape index (κ2) is 8.16. The summed E-state index contributed by atoms with van der Waals surface area (Å²) in [6.45, 7) is 5.75. The Morgan fingerprint density at radius 1 is 1.36 bits per heavy atom. The van der Waals surface area contributed by atoms with Gasteiger partial charge in [0.2, 0.25) is 0 Å².